The van der Waals surface area contributed by atoms with E-state index in [1.54, 1.807) is 34.1 Å². The van der Waals surface area contributed by atoms with Crippen LogP contribution >= 0.6 is 11.6 Å². The Morgan fingerprint density at radius 2 is 1.64 bits per heavy atom. The molecule has 1 aromatic rings. The third kappa shape index (κ3) is 5.61. The Hall–Kier alpha value is -2.28. The summed E-state index contributed by atoms with van der Waals surface area (Å²) in [6.07, 6.45) is 1.23. The lowest BCUT2D eigenvalue weighted by atomic mass is 10.2. The number of ether oxygens (including phenoxy) is 1. The number of nitrogens with zero attached hydrogens (tertiary/aromatic N) is 2. The van der Waals surface area contributed by atoms with E-state index in [9.17, 15) is 14.4 Å². The Labute approximate surface area is 169 Å². The standard InChI is InChI=1S/C20H26ClN3O4/c1-14-12-17(14)20(27)22-7-6-18(25)23-8-10-24(11-9-23)19(26)13-28-16-4-2-15(21)3-5-16/h2-5,14,17H,6-13H2,1H3,(H,22,27). The quantitative estimate of drug-likeness (QED) is 0.743. The van der Waals surface area contributed by atoms with Crippen molar-refractivity contribution in [3.8, 4) is 5.75 Å². The van der Waals surface area contributed by atoms with Crippen LogP contribution in [-0.2, 0) is 14.4 Å². The lowest BCUT2D eigenvalue weighted by molar-refractivity contribution is -0.140. The largest absolute Gasteiger partial charge is 0.484 e. The molecule has 1 saturated carbocycles. The van der Waals surface area contributed by atoms with Gasteiger partial charge in [0.1, 0.15) is 5.75 Å². The maximum atomic E-state index is 12.3. The summed E-state index contributed by atoms with van der Waals surface area (Å²) in [5.41, 5.74) is 0. The number of benzene rings is 1. The van der Waals surface area contributed by atoms with Crippen molar-refractivity contribution in [3.05, 3.63) is 29.3 Å². The Bertz CT molecular complexity index is 717. The zero-order valence-electron chi connectivity index (χ0n) is 16.0. The molecule has 1 heterocycles. The van der Waals surface area contributed by atoms with Gasteiger partial charge in [-0.05, 0) is 36.6 Å². The van der Waals surface area contributed by atoms with Crippen LogP contribution in [0.5, 0.6) is 5.75 Å². The summed E-state index contributed by atoms with van der Waals surface area (Å²) in [5.74, 6) is 1.14. The van der Waals surface area contributed by atoms with Gasteiger partial charge in [-0.2, -0.15) is 0 Å². The average molecular weight is 408 g/mol. The Kier molecular flexibility index (Phi) is 6.78. The average Bonchev–Trinajstić information content (AvgIpc) is 3.44. The van der Waals surface area contributed by atoms with Crippen molar-refractivity contribution < 1.29 is 19.1 Å². The minimum Gasteiger partial charge on any atom is -0.484 e. The molecular weight excluding hydrogens is 382 g/mol. The van der Waals surface area contributed by atoms with Crippen molar-refractivity contribution in [2.75, 3.05) is 39.3 Å². The molecule has 1 aliphatic carbocycles. The first-order valence-electron chi connectivity index (χ1n) is 9.65. The number of hydrogen-bond donors (Lipinski definition) is 1. The predicted molar refractivity (Wildman–Crippen MR) is 105 cm³/mol. The molecule has 1 saturated heterocycles. The second kappa shape index (κ2) is 9.28. The van der Waals surface area contributed by atoms with E-state index in [-0.39, 0.29) is 30.2 Å². The second-order valence-corrected chi connectivity index (χ2v) is 7.80. The number of rotatable bonds is 7. The fraction of sp³-hybridized carbons (Fsp3) is 0.550. The third-order valence-corrected chi connectivity index (χ3v) is 5.50. The number of halogens is 1. The SMILES string of the molecule is CC1CC1C(=O)NCCC(=O)N1CCN(C(=O)COc2ccc(Cl)cc2)CC1. The van der Waals surface area contributed by atoms with E-state index in [0.29, 0.717) is 55.8 Å². The highest BCUT2D eigenvalue weighted by molar-refractivity contribution is 6.30. The number of hydrogen-bond acceptors (Lipinski definition) is 4. The molecule has 0 spiro atoms. The Morgan fingerprint density at radius 1 is 1.07 bits per heavy atom. The molecule has 3 amide bonds. The van der Waals surface area contributed by atoms with Gasteiger partial charge in [0.05, 0.1) is 0 Å². The highest BCUT2D eigenvalue weighted by Gasteiger charge is 2.38. The summed E-state index contributed by atoms with van der Waals surface area (Å²) >= 11 is 5.82. The molecule has 0 aromatic heterocycles. The number of piperazine rings is 1. The van der Waals surface area contributed by atoms with Crippen LogP contribution in [-0.4, -0.2) is 66.9 Å². The van der Waals surface area contributed by atoms with Gasteiger partial charge in [0.15, 0.2) is 6.61 Å². The summed E-state index contributed by atoms with van der Waals surface area (Å²) in [6, 6.07) is 6.85. The van der Waals surface area contributed by atoms with E-state index in [1.165, 1.54) is 0 Å². The molecular formula is C20H26ClN3O4. The minimum absolute atomic E-state index is 0.00802. The molecule has 2 unspecified atom stereocenters. The van der Waals surface area contributed by atoms with Gasteiger partial charge in [-0.25, -0.2) is 0 Å². The number of amides is 3. The van der Waals surface area contributed by atoms with Crippen LogP contribution in [0.15, 0.2) is 24.3 Å². The normalized spacial score (nSPS) is 21.2. The van der Waals surface area contributed by atoms with Gasteiger partial charge >= 0.3 is 0 Å². The predicted octanol–water partition coefficient (Wildman–Crippen LogP) is 1.55. The van der Waals surface area contributed by atoms with Crippen molar-refractivity contribution in [3.63, 3.8) is 0 Å². The summed E-state index contributed by atoms with van der Waals surface area (Å²) in [7, 11) is 0. The molecule has 1 aliphatic heterocycles. The van der Waals surface area contributed by atoms with E-state index >= 15 is 0 Å². The van der Waals surface area contributed by atoms with Gasteiger partial charge in [-0.15, -0.1) is 0 Å². The van der Waals surface area contributed by atoms with Gasteiger partial charge in [-0.1, -0.05) is 18.5 Å². The van der Waals surface area contributed by atoms with E-state index in [1.807, 2.05) is 0 Å². The molecule has 2 aliphatic rings. The highest BCUT2D eigenvalue weighted by atomic mass is 35.5. The molecule has 28 heavy (non-hydrogen) atoms. The topological polar surface area (TPSA) is 79.0 Å². The first-order chi connectivity index (χ1) is 13.4. The van der Waals surface area contributed by atoms with Crippen LogP contribution in [0.25, 0.3) is 0 Å². The summed E-state index contributed by atoms with van der Waals surface area (Å²) in [6.45, 7) is 4.35. The van der Waals surface area contributed by atoms with Crippen molar-refractivity contribution >= 4 is 29.3 Å². The lowest BCUT2D eigenvalue weighted by Gasteiger charge is -2.34. The number of carbonyl (C=O) groups excluding carboxylic acids is 3. The molecule has 8 heteroatoms. The summed E-state index contributed by atoms with van der Waals surface area (Å²) in [5, 5.41) is 3.44. The molecule has 1 aromatic carbocycles. The van der Waals surface area contributed by atoms with Crippen molar-refractivity contribution in [1.82, 2.24) is 15.1 Å². The van der Waals surface area contributed by atoms with E-state index in [0.717, 1.165) is 6.42 Å². The van der Waals surface area contributed by atoms with E-state index in [4.69, 9.17) is 16.3 Å². The molecule has 0 bridgehead atoms. The molecule has 1 N–H and O–H groups in total. The molecule has 152 valence electrons. The molecule has 3 rings (SSSR count). The van der Waals surface area contributed by atoms with Crippen LogP contribution in [0.4, 0.5) is 0 Å². The monoisotopic (exact) mass is 407 g/mol. The van der Waals surface area contributed by atoms with E-state index in [2.05, 4.69) is 12.2 Å². The van der Waals surface area contributed by atoms with E-state index < -0.39 is 0 Å². The Morgan fingerprint density at radius 3 is 2.21 bits per heavy atom. The van der Waals surface area contributed by atoms with Crippen molar-refractivity contribution in [2.45, 2.75) is 19.8 Å². The van der Waals surface area contributed by atoms with Crippen LogP contribution < -0.4 is 10.1 Å². The minimum atomic E-state index is -0.104. The van der Waals surface area contributed by atoms with Crippen LogP contribution in [0.1, 0.15) is 19.8 Å². The van der Waals surface area contributed by atoms with Gasteiger partial charge in [0, 0.05) is 50.1 Å². The summed E-state index contributed by atoms with van der Waals surface area (Å²) in [4.78, 5) is 39.8. The molecule has 2 atom stereocenters. The molecule has 7 nitrogen and oxygen atoms in total. The fourth-order valence-electron chi connectivity index (χ4n) is 3.24. The lowest BCUT2D eigenvalue weighted by Crippen LogP contribution is -2.52. The Balaban J connectivity index is 1.32. The first kappa shape index (κ1) is 20.5. The van der Waals surface area contributed by atoms with Crippen LogP contribution in [0.2, 0.25) is 5.02 Å². The smallest absolute Gasteiger partial charge is 0.260 e. The number of carbonyl (C=O) groups is 3. The fourth-order valence-corrected chi connectivity index (χ4v) is 3.37. The van der Waals surface area contributed by atoms with Gasteiger partial charge in [0.2, 0.25) is 11.8 Å². The van der Waals surface area contributed by atoms with Gasteiger partial charge in [-0.3, -0.25) is 14.4 Å². The van der Waals surface area contributed by atoms with Crippen LogP contribution in [0, 0.1) is 11.8 Å². The maximum absolute atomic E-state index is 12.3. The zero-order valence-corrected chi connectivity index (χ0v) is 16.8. The van der Waals surface area contributed by atoms with Crippen LogP contribution in [0.3, 0.4) is 0 Å². The number of nitrogens with one attached hydrogen (secondary N) is 1. The van der Waals surface area contributed by atoms with Crippen molar-refractivity contribution in [2.24, 2.45) is 11.8 Å². The second-order valence-electron chi connectivity index (χ2n) is 7.36. The first-order valence-corrected chi connectivity index (χ1v) is 10.0. The molecule has 0 radical (unpaired) electrons. The highest BCUT2D eigenvalue weighted by Crippen LogP contribution is 2.37. The third-order valence-electron chi connectivity index (χ3n) is 5.25. The zero-order chi connectivity index (χ0) is 20.1. The maximum Gasteiger partial charge on any atom is 0.260 e. The van der Waals surface area contributed by atoms with Crippen molar-refractivity contribution in [1.29, 1.82) is 0 Å². The van der Waals surface area contributed by atoms with Gasteiger partial charge in [0.25, 0.3) is 5.91 Å². The summed E-state index contributed by atoms with van der Waals surface area (Å²) < 4.78 is 5.49. The van der Waals surface area contributed by atoms with Gasteiger partial charge < -0.3 is 19.9 Å². The molecule has 2 fully saturated rings.